The van der Waals surface area contributed by atoms with Gasteiger partial charge in [0.15, 0.2) is 11.4 Å². The average Bonchev–Trinajstić information content (AvgIpc) is 3.33. The molecule has 0 atom stereocenters. The number of Topliss-reactive ketones (excluding diaryl/α,β-unsaturated/α-hetero) is 1. The molecule has 362 valence electrons. The number of nitrogens with two attached hydrogens (primary N) is 1. The molecule has 1 amide bonds. The molecule has 3 N–H and O–H groups in total. The normalized spacial score (nSPS) is 10.5. The fraction of sp³-hybridized carbons (Fsp3) is 0.154. The van der Waals surface area contributed by atoms with Crippen molar-refractivity contribution < 1.29 is 56.0 Å². The standard InChI is InChI=1S/C24H22ClNO4.C14H9ClF3NO2.C14H14N2O3/c1-3-29-24(28)23-15-21(10-11-26-23)30-20-7-4-17(5-8-20)13-19(27)14-18-6-9-22(25)16(2)12-18;15-12-7-6-9(8-11(12)14(16,17)18)19-13(20)21-10-4-2-1-3-5-10;1-2-18-14(17)13-9-12(7-8-16-13)19-11-5-3-10(15)4-6-11/h4-12,15H,3,13-14H2,1-2H3;1-8H,(H,19,20);3-9H,2,15H2,1H3. The Kier molecular flexibility index (Phi) is 19.7. The van der Waals surface area contributed by atoms with E-state index in [1.807, 2.05) is 37.3 Å². The van der Waals surface area contributed by atoms with Crippen molar-refractivity contribution in [3.05, 3.63) is 196 Å². The maximum absolute atomic E-state index is 12.7. The fourth-order valence-corrected chi connectivity index (χ4v) is 6.30. The number of nitrogen functional groups attached to an aromatic ring is 1. The first kappa shape index (κ1) is 53.0. The molecule has 0 unspecified atom stereocenters. The predicted molar refractivity (Wildman–Crippen MR) is 259 cm³/mol. The van der Waals surface area contributed by atoms with Crippen LogP contribution in [0.5, 0.6) is 28.7 Å². The Morgan fingerprint density at radius 1 is 0.600 bits per heavy atom. The maximum Gasteiger partial charge on any atom is 0.417 e. The van der Waals surface area contributed by atoms with Gasteiger partial charge in [-0.05, 0) is 122 Å². The van der Waals surface area contributed by atoms with E-state index in [4.69, 9.17) is 52.6 Å². The third-order valence-electron chi connectivity index (χ3n) is 9.20. The van der Waals surface area contributed by atoms with Crippen molar-refractivity contribution in [2.24, 2.45) is 0 Å². The van der Waals surface area contributed by atoms with Gasteiger partial charge < -0.3 is 29.4 Å². The first-order valence-electron chi connectivity index (χ1n) is 21.2. The van der Waals surface area contributed by atoms with Crippen molar-refractivity contribution in [3.63, 3.8) is 0 Å². The maximum atomic E-state index is 12.7. The van der Waals surface area contributed by atoms with E-state index in [0.29, 0.717) is 53.2 Å². The topological polar surface area (TPSA) is 178 Å². The zero-order valence-corrected chi connectivity index (χ0v) is 39.3. The number of amides is 1. The highest BCUT2D eigenvalue weighted by atomic mass is 35.5. The molecule has 0 saturated heterocycles. The number of carbonyl (C=O) groups is 4. The lowest BCUT2D eigenvalue weighted by Crippen LogP contribution is -2.17. The molecule has 0 radical (unpaired) electrons. The van der Waals surface area contributed by atoms with E-state index in [9.17, 15) is 32.3 Å². The third kappa shape index (κ3) is 17.3. The summed E-state index contributed by atoms with van der Waals surface area (Å²) in [7, 11) is 0. The molecule has 0 aliphatic rings. The summed E-state index contributed by atoms with van der Waals surface area (Å²) in [6.45, 7) is 5.99. The molecule has 0 spiro atoms. The fourth-order valence-electron chi connectivity index (χ4n) is 5.96. The molecule has 0 fully saturated rings. The summed E-state index contributed by atoms with van der Waals surface area (Å²) in [5.74, 6) is 1.67. The summed E-state index contributed by atoms with van der Waals surface area (Å²) in [5, 5.41) is 2.47. The highest BCUT2D eigenvalue weighted by Gasteiger charge is 2.33. The molecular weight excluding hydrogens is 952 g/mol. The molecular formula is C52H45Cl2F3N4O9. The minimum absolute atomic E-state index is 0.0624. The number of hydrogen-bond acceptors (Lipinski definition) is 12. The second-order valence-corrected chi connectivity index (χ2v) is 15.4. The van der Waals surface area contributed by atoms with Crippen LogP contribution < -0.4 is 25.3 Å². The van der Waals surface area contributed by atoms with Crippen LogP contribution in [0.1, 0.15) is 57.1 Å². The van der Waals surface area contributed by atoms with Crippen molar-refractivity contribution in [3.8, 4) is 28.7 Å². The van der Waals surface area contributed by atoms with Gasteiger partial charge in [0, 0.05) is 53.8 Å². The Balaban J connectivity index is 0.000000202. The Morgan fingerprint density at radius 3 is 1.64 bits per heavy atom. The van der Waals surface area contributed by atoms with Crippen molar-refractivity contribution in [2.75, 3.05) is 24.3 Å². The molecule has 13 nitrogen and oxygen atoms in total. The van der Waals surface area contributed by atoms with Crippen LogP contribution >= 0.6 is 23.2 Å². The number of anilines is 2. The van der Waals surface area contributed by atoms with E-state index in [1.54, 1.807) is 92.7 Å². The number of ketones is 1. The highest BCUT2D eigenvalue weighted by Crippen LogP contribution is 2.36. The number of para-hydroxylation sites is 1. The predicted octanol–water partition coefficient (Wildman–Crippen LogP) is 13.0. The molecule has 18 heteroatoms. The van der Waals surface area contributed by atoms with Crippen LogP contribution in [0.15, 0.2) is 152 Å². The van der Waals surface area contributed by atoms with Gasteiger partial charge in [-0.2, -0.15) is 13.2 Å². The first-order valence-corrected chi connectivity index (χ1v) is 22.0. The number of rotatable bonds is 14. The summed E-state index contributed by atoms with van der Waals surface area (Å²) in [4.78, 5) is 55.2. The SMILES string of the molecule is CCOC(=O)c1cc(Oc2ccc(CC(=O)Cc3ccc(Cl)c(C)c3)cc2)ccn1.CCOC(=O)c1cc(Oc2ccc(N)cc2)ccn1.O=C(Nc1ccc(Cl)c(C(F)(F)F)c1)Oc1ccccc1. The molecule has 7 aromatic rings. The van der Waals surface area contributed by atoms with Crippen LogP contribution in [-0.4, -0.2) is 47.0 Å². The highest BCUT2D eigenvalue weighted by molar-refractivity contribution is 6.31. The second kappa shape index (κ2) is 26.0. The number of pyridine rings is 2. The summed E-state index contributed by atoms with van der Waals surface area (Å²) in [6.07, 6.45) is -1.80. The Labute approximate surface area is 411 Å². The molecule has 0 aliphatic heterocycles. The number of halogens is 5. The lowest BCUT2D eigenvalue weighted by Gasteiger charge is -2.11. The van der Waals surface area contributed by atoms with Crippen LogP contribution in [0, 0.1) is 6.92 Å². The van der Waals surface area contributed by atoms with Crippen molar-refractivity contribution in [1.29, 1.82) is 0 Å². The number of benzene rings is 5. The van der Waals surface area contributed by atoms with E-state index in [-0.39, 0.29) is 35.2 Å². The zero-order chi connectivity index (χ0) is 50.6. The number of nitrogens with one attached hydrogen (secondary N) is 1. The molecule has 5 aromatic carbocycles. The second-order valence-electron chi connectivity index (χ2n) is 14.6. The molecule has 0 saturated carbocycles. The number of ether oxygens (including phenoxy) is 5. The van der Waals surface area contributed by atoms with Crippen LogP contribution in [0.2, 0.25) is 10.0 Å². The number of carbonyl (C=O) groups excluding carboxylic acids is 4. The zero-order valence-electron chi connectivity index (χ0n) is 37.8. The number of aryl methyl sites for hydroxylation is 1. The third-order valence-corrected chi connectivity index (χ3v) is 9.96. The monoisotopic (exact) mass is 996 g/mol. The molecule has 0 bridgehead atoms. The smallest absolute Gasteiger partial charge is 0.417 e. The van der Waals surface area contributed by atoms with Crippen LogP contribution in [0.25, 0.3) is 0 Å². The summed E-state index contributed by atoms with van der Waals surface area (Å²) >= 11 is 11.5. The van der Waals surface area contributed by atoms with Gasteiger partial charge in [-0.25, -0.2) is 24.4 Å². The lowest BCUT2D eigenvalue weighted by molar-refractivity contribution is -0.137. The largest absolute Gasteiger partial charge is 0.461 e. The van der Waals surface area contributed by atoms with Crippen LogP contribution in [-0.2, 0) is 33.3 Å². The van der Waals surface area contributed by atoms with Gasteiger partial charge in [0.1, 0.15) is 34.5 Å². The quantitative estimate of drug-likeness (QED) is 0.0779. The number of nitrogens with zero attached hydrogens (tertiary/aromatic N) is 2. The van der Waals surface area contributed by atoms with Gasteiger partial charge in [0.25, 0.3) is 0 Å². The molecule has 2 heterocycles. The Bertz CT molecular complexity index is 2870. The van der Waals surface area contributed by atoms with Gasteiger partial charge >= 0.3 is 24.2 Å². The minimum atomic E-state index is -4.60. The van der Waals surface area contributed by atoms with Gasteiger partial charge in [-0.3, -0.25) is 10.1 Å². The van der Waals surface area contributed by atoms with E-state index < -0.39 is 34.8 Å². The lowest BCUT2D eigenvalue weighted by atomic mass is 10.0. The van der Waals surface area contributed by atoms with Crippen LogP contribution in [0.4, 0.5) is 29.3 Å². The van der Waals surface area contributed by atoms with E-state index >= 15 is 0 Å². The summed E-state index contributed by atoms with van der Waals surface area (Å²) in [5.41, 5.74) is 8.39. The average molecular weight is 998 g/mol. The van der Waals surface area contributed by atoms with Gasteiger partial charge in [0.05, 0.1) is 23.8 Å². The molecule has 2 aromatic heterocycles. The van der Waals surface area contributed by atoms with Crippen molar-refractivity contribution >= 4 is 58.4 Å². The van der Waals surface area contributed by atoms with Crippen LogP contribution in [0.3, 0.4) is 0 Å². The molecule has 70 heavy (non-hydrogen) atoms. The van der Waals surface area contributed by atoms with E-state index in [0.717, 1.165) is 28.8 Å². The van der Waals surface area contributed by atoms with Gasteiger partial charge in [-0.1, -0.05) is 65.7 Å². The summed E-state index contributed by atoms with van der Waals surface area (Å²) < 4.78 is 64.2. The molecule has 0 aliphatic carbocycles. The number of esters is 2. The molecule has 7 rings (SSSR count). The Hall–Kier alpha value is -7.95. The number of alkyl halides is 3. The van der Waals surface area contributed by atoms with E-state index in [1.165, 1.54) is 30.6 Å². The number of aromatic nitrogens is 2. The first-order chi connectivity index (χ1) is 33.5. The van der Waals surface area contributed by atoms with Gasteiger partial charge in [0.2, 0.25) is 0 Å². The number of hydrogen-bond donors (Lipinski definition) is 2. The van der Waals surface area contributed by atoms with Gasteiger partial charge in [-0.15, -0.1) is 0 Å². The summed E-state index contributed by atoms with van der Waals surface area (Å²) in [6, 6.07) is 37.5. The van der Waals surface area contributed by atoms with Crippen molar-refractivity contribution in [1.82, 2.24) is 9.97 Å². The van der Waals surface area contributed by atoms with E-state index in [2.05, 4.69) is 15.3 Å². The Morgan fingerprint density at radius 2 is 1.11 bits per heavy atom. The van der Waals surface area contributed by atoms with Crippen molar-refractivity contribution in [2.45, 2.75) is 39.8 Å². The minimum Gasteiger partial charge on any atom is -0.461 e.